The van der Waals surface area contributed by atoms with Crippen LogP contribution in [0.15, 0.2) is 11.1 Å². The van der Waals surface area contributed by atoms with E-state index in [9.17, 15) is 0 Å². The Labute approximate surface area is 117 Å². The average molecular weight is 271 g/mol. The topological polar surface area (TPSA) is 15.3 Å². The fourth-order valence-corrected chi connectivity index (χ4v) is 3.59. The van der Waals surface area contributed by atoms with Gasteiger partial charge in [0.25, 0.3) is 0 Å². The van der Waals surface area contributed by atoms with Crippen molar-refractivity contribution in [2.75, 3.05) is 19.6 Å². The fourth-order valence-electron chi connectivity index (χ4n) is 3.52. The number of piperazine rings is 1. The van der Waals surface area contributed by atoms with Gasteiger partial charge in [-0.15, -0.1) is 0 Å². The zero-order chi connectivity index (χ0) is 13.0. The van der Waals surface area contributed by atoms with Crippen molar-refractivity contribution in [2.24, 2.45) is 5.92 Å². The zero-order valence-corrected chi connectivity index (χ0v) is 12.5. The maximum absolute atomic E-state index is 5.84. The highest BCUT2D eigenvalue weighted by Crippen LogP contribution is 2.30. The summed E-state index contributed by atoms with van der Waals surface area (Å²) in [7, 11) is 0. The molecule has 2 nitrogen and oxygen atoms in total. The Balaban J connectivity index is 1.99. The first-order chi connectivity index (χ1) is 8.70. The summed E-state index contributed by atoms with van der Waals surface area (Å²) in [6.07, 6.45) is 7.12. The van der Waals surface area contributed by atoms with E-state index in [4.69, 9.17) is 11.6 Å². The highest BCUT2D eigenvalue weighted by atomic mass is 35.5. The molecule has 0 amide bonds. The summed E-state index contributed by atoms with van der Waals surface area (Å²) in [4.78, 5) is 2.66. The molecule has 0 bridgehead atoms. The van der Waals surface area contributed by atoms with E-state index < -0.39 is 0 Å². The van der Waals surface area contributed by atoms with Crippen molar-refractivity contribution in [1.29, 1.82) is 0 Å². The van der Waals surface area contributed by atoms with Gasteiger partial charge in [-0.25, -0.2) is 0 Å². The Bertz CT molecular complexity index is 284. The van der Waals surface area contributed by atoms with Gasteiger partial charge in [-0.1, -0.05) is 30.9 Å². The second kappa shape index (κ2) is 6.93. The number of rotatable bonds is 3. The fraction of sp³-hybridized carbons (Fsp3) is 0.867. The highest BCUT2D eigenvalue weighted by molar-refractivity contribution is 6.25. The van der Waals surface area contributed by atoms with Crippen LogP contribution in [0.1, 0.15) is 46.0 Å². The number of halogens is 1. The summed E-state index contributed by atoms with van der Waals surface area (Å²) in [5, 5.41) is 3.66. The lowest BCUT2D eigenvalue weighted by atomic mass is 9.82. The Kier molecular flexibility index (Phi) is 5.53. The van der Waals surface area contributed by atoms with Gasteiger partial charge < -0.3 is 5.32 Å². The molecule has 0 aromatic rings. The Morgan fingerprint density at radius 1 is 1.33 bits per heavy atom. The molecule has 104 valence electrons. The third-order valence-electron chi connectivity index (χ3n) is 4.49. The minimum atomic E-state index is 0.605. The first-order valence-electron chi connectivity index (χ1n) is 7.44. The summed E-state index contributed by atoms with van der Waals surface area (Å²) in [5.74, 6) is 0.891. The number of nitrogens with zero attached hydrogens (tertiary/aromatic N) is 1. The van der Waals surface area contributed by atoms with E-state index in [1.165, 1.54) is 37.7 Å². The van der Waals surface area contributed by atoms with Gasteiger partial charge in [0.15, 0.2) is 0 Å². The molecule has 2 fully saturated rings. The van der Waals surface area contributed by atoms with Crippen LogP contribution in [0.3, 0.4) is 0 Å². The van der Waals surface area contributed by atoms with Gasteiger partial charge >= 0.3 is 0 Å². The Hall–Kier alpha value is -0.0500. The van der Waals surface area contributed by atoms with Crippen LogP contribution in [0.4, 0.5) is 0 Å². The lowest BCUT2D eigenvalue weighted by Gasteiger charge is -2.44. The molecule has 3 heteroatoms. The van der Waals surface area contributed by atoms with Gasteiger partial charge in [0.1, 0.15) is 0 Å². The zero-order valence-electron chi connectivity index (χ0n) is 11.8. The van der Waals surface area contributed by atoms with Crippen molar-refractivity contribution in [2.45, 2.75) is 58.0 Å². The van der Waals surface area contributed by atoms with Gasteiger partial charge in [0, 0.05) is 37.3 Å². The quantitative estimate of drug-likeness (QED) is 0.846. The second-order valence-electron chi connectivity index (χ2n) is 6.16. The molecular formula is C15H27ClN2. The molecule has 0 radical (unpaired) electrons. The van der Waals surface area contributed by atoms with E-state index >= 15 is 0 Å². The lowest BCUT2D eigenvalue weighted by molar-refractivity contribution is 0.0839. The van der Waals surface area contributed by atoms with Crippen molar-refractivity contribution in [3.05, 3.63) is 11.1 Å². The Morgan fingerprint density at radius 3 is 2.72 bits per heavy atom. The minimum Gasteiger partial charge on any atom is -0.311 e. The lowest BCUT2D eigenvalue weighted by Crippen LogP contribution is -2.58. The number of hydrogen-bond acceptors (Lipinski definition) is 2. The Morgan fingerprint density at radius 2 is 2.06 bits per heavy atom. The predicted octanol–water partition coefficient (Wildman–Crippen LogP) is 3.37. The molecule has 1 aliphatic heterocycles. The smallest absolute Gasteiger partial charge is 0.0253 e. The molecule has 2 unspecified atom stereocenters. The van der Waals surface area contributed by atoms with Crippen LogP contribution < -0.4 is 5.32 Å². The highest BCUT2D eigenvalue weighted by Gasteiger charge is 2.32. The summed E-state index contributed by atoms with van der Waals surface area (Å²) in [6, 6.07) is 1.32. The molecule has 2 atom stereocenters. The van der Waals surface area contributed by atoms with Crippen LogP contribution in [-0.2, 0) is 0 Å². The minimum absolute atomic E-state index is 0.605. The van der Waals surface area contributed by atoms with Gasteiger partial charge in [-0.05, 0) is 38.2 Å². The van der Waals surface area contributed by atoms with E-state index in [1.54, 1.807) is 5.54 Å². The first-order valence-corrected chi connectivity index (χ1v) is 7.87. The van der Waals surface area contributed by atoms with Gasteiger partial charge in [0.05, 0.1) is 0 Å². The molecular weight excluding hydrogens is 244 g/mol. The van der Waals surface area contributed by atoms with Crippen molar-refractivity contribution < 1.29 is 0 Å². The maximum atomic E-state index is 5.84. The largest absolute Gasteiger partial charge is 0.311 e. The third-order valence-corrected chi connectivity index (χ3v) is 4.86. The SMILES string of the molecule is CC(=CCl)CN1CC(C)NCC1C1CCCCC1. The molecule has 18 heavy (non-hydrogen) atoms. The maximum Gasteiger partial charge on any atom is 0.0253 e. The molecule has 0 aromatic carbocycles. The van der Waals surface area contributed by atoms with E-state index in [-0.39, 0.29) is 0 Å². The van der Waals surface area contributed by atoms with Crippen molar-refractivity contribution in [3.63, 3.8) is 0 Å². The van der Waals surface area contributed by atoms with Crippen LogP contribution in [-0.4, -0.2) is 36.6 Å². The molecule has 2 rings (SSSR count). The van der Waals surface area contributed by atoms with Crippen LogP contribution in [0.5, 0.6) is 0 Å². The first kappa shape index (κ1) is 14.4. The summed E-state index contributed by atoms with van der Waals surface area (Å²) < 4.78 is 0. The van der Waals surface area contributed by atoms with E-state index in [0.717, 1.165) is 25.6 Å². The van der Waals surface area contributed by atoms with Crippen LogP contribution in [0.25, 0.3) is 0 Å². The second-order valence-corrected chi connectivity index (χ2v) is 6.38. The number of hydrogen-bond donors (Lipinski definition) is 1. The molecule has 1 N–H and O–H groups in total. The predicted molar refractivity (Wildman–Crippen MR) is 79.0 cm³/mol. The van der Waals surface area contributed by atoms with Crippen LogP contribution >= 0.6 is 11.6 Å². The normalized spacial score (nSPS) is 32.7. The van der Waals surface area contributed by atoms with Crippen molar-refractivity contribution in [3.8, 4) is 0 Å². The van der Waals surface area contributed by atoms with Gasteiger partial charge in [0.2, 0.25) is 0 Å². The summed E-state index contributed by atoms with van der Waals surface area (Å²) >= 11 is 5.84. The number of nitrogens with one attached hydrogen (secondary N) is 1. The molecule has 1 aliphatic carbocycles. The molecule has 2 aliphatic rings. The average Bonchev–Trinajstić information content (AvgIpc) is 2.40. The molecule has 1 saturated heterocycles. The molecule has 0 aromatic heterocycles. The van der Waals surface area contributed by atoms with Crippen molar-refractivity contribution in [1.82, 2.24) is 10.2 Å². The van der Waals surface area contributed by atoms with E-state index in [0.29, 0.717) is 12.1 Å². The van der Waals surface area contributed by atoms with E-state index in [2.05, 4.69) is 24.1 Å². The van der Waals surface area contributed by atoms with E-state index in [1.807, 2.05) is 0 Å². The van der Waals surface area contributed by atoms with Gasteiger partial charge in [-0.3, -0.25) is 4.90 Å². The summed E-state index contributed by atoms with van der Waals surface area (Å²) in [5.41, 5.74) is 3.02. The van der Waals surface area contributed by atoms with Crippen LogP contribution in [0.2, 0.25) is 0 Å². The van der Waals surface area contributed by atoms with Gasteiger partial charge in [-0.2, -0.15) is 0 Å². The monoisotopic (exact) mass is 270 g/mol. The van der Waals surface area contributed by atoms with Crippen molar-refractivity contribution >= 4 is 11.6 Å². The van der Waals surface area contributed by atoms with Crippen LogP contribution in [0, 0.1) is 5.92 Å². The summed E-state index contributed by atoms with van der Waals surface area (Å²) in [6.45, 7) is 7.77. The standard InChI is InChI=1S/C15H27ClN2/c1-12(8-16)10-18-11-13(2)17-9-15(18)14-6-4-3-5-7-14/h8,13-15,17H,3-7,9-11H2,1-2H3. The molecule has 0 spiro atoms. The molecule has 1 saturated carbocycles. The molecule has 1 heterocycles. The third kappa shape index (κ3) is 3.72.